The summed E-state index contributed by atoms with van der Waals surface area (Å²) in [6, 6.07) is 17.4. The van der Waals surface area contributed by atoms with E-state index in [0.717, 1.165) is 27.9 Å². The largest absolute Gasteiger partial charge is 0.493 e. The first-order valence-corrected chi connectivity index (χ1v) is 11.5. The molecule has 0 fully saturated rings. The Balaban J connectivity index is 1.94. The average molecular weight is 462 g/mol. The normalized spacial score (nSPS) is 15.0. The second-order valence-corrected chi connectivity index (χ2v) is 8.16. The molecule has 1 amide bonds. The fraction of sp³-hybridized carbons (Fsp3) is 0.321. The quantitative estimate of drug-likeness (QED) is 0.444. The average Bonchev–Trinajstić information content (AvgIpc) is 2.84. The lowest BCUT2D eigenvalue weighted by molar-refractivity contribution is -0.118. The summed E-state index contributed by atoms with van der Waals surface area (Å²) in [5.74, 6) is 2.59. The van der Waals surface area contributed by atoms with E-state index in [0.29, 0.717) is 36.2 Å². The van der Waals surface area contributed by atoms with Crippen LogP contribution < -0.4 is 23.8 Å². The van der Waals surface area contributed by atoms with Gasteiger partial charge < -0.3 is 23.8 Å². The van der Waals surface area contributed by atoms with Crippen LogP contribution in [0, 0.1) is 6.92 Å². The van der Waals surface area contributed by atoms with Crippen molar-refractivity contribution in [3.05, 3.63) is 76.9 Å². The molecule has 1 aliphatic heterocycles. The Morgan fingerprint density at radius 1 is 0.824 bits per heavy atom. The number of ether oxygens (including phenoxy) is 4. The molecule has 3 aromatic carbocycles. The lowest BCUT2D eigenvalue weighted by Gasteiger charge is -2.38. The topological polar surface area (TPSA) is 57.2 Å². The lowest BCUT2D eigenvalue weighted by Crippen LogP contribution is -2.41. The van der Waals surface area contributed by atoms with Gasteiger partial charge in [-0.1, -0.05) is 23.8 Å². The van der Waals surface area contributed by atoms with Crippen LogP contribution in [0.4, 0.5) is 5.69 Å². The molecule has 0 unspecified atom stereocenters. The summed E-state index contributed by atoms with van der Waals surface area (Å²) in [6.45, 7) is 6.95. The molecule has 6 nitrogen and oxygen atoms in total. The number of carbonyl (C=O) groups is 1. The minimum atomic E-state index is -0.367. The maximum atomic E-state index is 13.6. The van der Waals surface area contributed by atoms with Crippen molar-refractivity contribution in [2.45, 2.75) is 33.2 Å². The summed E-state index contributed by atoms with van der Waals surface area (Å²) in [5.41, 5.74) is 4.82. The van der Waals surface area contributed by atoms with Crippen LogP contribution in [-0.4, -0.2) is 33.3 Å². The van der Waals surface area contributed by atoms with E-state index in [1.165, 1.54) is 0 Å². The summed E-state index contributed by atoms with van der Waals surface area (Å²) in [4.78, 5) is 15.4. The lowest BCUT2D eigenvalue weighted by atomic mass is 9.86. The van der Waals surface area contributed by atoms with Gasteiger partial charge in [-0.25, -0.2) is 0 Å². The van der Waals surface area contributed by atoms with E-state index in [4.69, 9.17) is 18.9 Å². The Morgan fingerprint density at radius 2 is 1.47 bits per heavy atom. The van der Waals surface area contributed by atoms with Gasteiger partial charge in [-0.15, -0.1) is 0 Å². The minimum absolute atomic E-state index is 0.0164. The number of carbonyl (C=O) groups excluding carboxylic acids is 1. The highest BCUT2D eigenvalue weighted by atomic mass is 16.5. The Hall–Kier alpha value is -3.67. The Kier molecular flexibility index (Phi) is 6.96. The molecule has 0 spiro atoms. The number of methoxy groups -OCH3 is 2. The minimum Gasteiger partial charge on any atom is -0.493 e. The van der Waals surface area contributed by atoms with Gasteiger partial charge >= 0.3 is 0 Å². The highest BCUT2D eigenvalue weighted by Crippen LogP contribution is 2.45. The van der Waals surface area contributed by atoms with Crippen LogP contribution in [-0.2, 0) is 11.2 Å². The maximum Gasteiger partial charge on any atom is 0.232 e. The van der Waals surface area contributed by atoms with Crippen LogP contribution in [0.3, 0.4) is 0 Å². The van der Waals surface area contributed by atoms with Crippen LogP contribution in [0.25, 0.3) is 0 Å². The predicted molar refractivity (Wildman–Crippen MR) is 133 cm³/mol. The fourth-order valence-electron chi connectivity index (χ4n) is 4.44. The van der Waals surface area contributed by atoms with E-state index in [-0.39, 0.29) is 18.4 Å². The summed E-state index contributed by atoms with van der Waals surface area (Å²) in [6.07, 6.45) is 0.277. The van der Waals surface area contributed by atoms with Gasteiger partial charge in [0.25, 0.3) is 0 Å². The van der Waals surface area contributed by atoms with Gasteiger partial charge in [0.05, 0.1) is 39.9 Å². The second kappa shape index (κ2) is 10.1. The Bertz CT molecular complexity index is 1170. The molecule has 3 aromatic rings. The zero-order chi connectivity index (χ0) is 24.2. The fourth-order valence-corrected chi connectivity index (χ4v) is 4.44. The van der Waals surface area contributed by atoms with Crippen LogP contribution in [0.1, 0.15) is 42.1 Å². The van der Waals surface area contributed by atoms with Crippen molar-refractivity contribution < 1.29 is 23.7 Å². The number of hydrogen-bond donors (Lipinski definition) is 0. The predicted octanol–water partition coefficient (Wildman–Crippen LogP) is 5.49. The summed E-state index contributed by atoms with van der Waals surface area (Å²) in [7, 11) is 3.22. The van der Waals surface area contributed by atoms with Crippen molar-refractivity contribution in [3.63, 3.8) is 0 Å². The molecule has 0 saturated carbocycles. The number of nitrogens with zero attached hydrogens (tertiary/aromatic N) is 1. The summed E-state index contributed by atoms with van der Waals surface area (Å²) < 4.78 is 22.8. The van der Waals surface area contributed by atoms with Crippen molar-refractivity contribution >= 4 is 11.6 Å². The van der Waals surface area contributed by atoms with E-state index >= 15 is 0 Å². The number of hydrogen-bond acceptors (Lipinski definition) is 5. The van der Waals surface area contributed by atoms with Crippen LogP contribution >= 0.6 is 0 Å². The number of anilines is 1. The van der Waals surface area contributed by atoms with Crippen LogP contribution in [0.2, 0.25) is 0 Å². The van der Waals surface area contributed by atoms with E-state index in [1.807, 2.05) is 80.3 Å². The third-order valence-electron chi connectivity index (χ3n) is 6.00. The zero-order valence-corrected chi connectivity index (χ0v) is 20.4. The zero-order valence-electron chi connectivity index (χ0n) is 20.4. The van der Waals surface area contributed by atoms with E-state index in [2.05, 4.69) is 0 Å². The monoisotopic (exact) mass is 461 g/mol. The van der Waals surface area contributed by atoms with Crippen molar-refractivity contribution in [1.82, 2.24) is 0 Å². The van der Waals surface area contributed by atoms with Crippen molar-refractivity contribution in [2.75, 3.05) is 32.3 Å². The second-order valence-electron chi connectivity index (χ2n) is 8.16. The molecule has 0 aliphatic carbocycles. The van der Waals surface area contributed by atoms with Crippen LogP contribution in [0.5, 0.6) is 23.0 Å². The molecule has 1 heterocycles. The van der Waals surface area contributed by atoms with Gasteiger partial charge in [-0.2, -0.15) is 0 Å². The standard InChI is InChI=1S/C28H31NO5/c1-6-33-25-15-20-16-27(30)29(21-11-8-18(3)9-12-21)28(22(20)17-26(25)34-7-2)19-10-13-23(31-4)24(14-19)32-5/h8-15,17,28H,6-7,16H2,1-5H3/t28-/m0/s1. The molecular formula is C28H31NO5. The molecule has 0 saturated heterocycles. The van der Waals surface area contributed by atoms with Crippen molar-refractivity contribution in [1.29, 1.82) is 0 Å². The highest BCUT2D eigenvalue weighted by Gasteiger charge is 2.36. The molecule has 1 aliphatic rings. The third-order valence-corrected chi connectivity index (χ3v) is 6.00. The molecule has 0 radical (unpaired) electrons. The first-order valence-electron chi connectivity index (χ1n) is 11.5. The van der Waals surface area contributed by atoms with Gasteiger partial charge in [0.2, 0.25) is 5.91 Å². The molecule has 34 heavy (non-hydrogen) atoms. The Labute approximate surface area is 201 Å². The molecule has 0 N–H and O–H groups in total. The van der Waals surface area contributed by atoms with Crippen molar-refractivity contribution in [3.8, 4) is 23.0 Å². The number of aryl methyl sites for hydroxylation is 1. The summed E-state index contributed by atoms with van der Waals surface area (Å²) in [5, 5.41) is 0. The molecule has 0 bridgehead atoms. The number of benzene rings is 3. The molecule has 4 rings (SSSR count). The van der Waals surface area contributed by atoms with Gasteiger partial charge in [-0.3, -0.25) is 4.79 Å². The molecule has 1 atom stereocenters. The molecule has 178 valence electrons. The van der Waals surface area contributed by atoms with Gasteiger partial charge in [0.1, 0.15) is 0 Å². The van der Waals surface area contributed by atoms with Crippen molar-refractivity contribution in [2.24, 2.45) is 0 Å². The van der Waals surface area contributed by atoms with E-state index in [1.54, 1.807) is 14.2 Å². The molecular weight excluding hydrogens is 430 g/mol. The van der Waals surface area contributed by atoms with Gasteiger partial charge in [-0.05, 0) is 73.9 Å². The third kappa shape index (κ3) is 4.40. The van der Waals surface area contributed by atoms with E-state index < -0.39 is 0 Å². The maximum absolute atomic E-state index is 13.6. The smallest absolute Gasteiger partial charge is 0.232 e. The first kappa shape index (κ1) is 23.5. The first-order chi connectivity index (χ1) is 16.5. The number of amides is 1. The van der Waals surface area contributed by atoms with Gasteiger partial charge in [0, 0.05) is 5.69 Å². The SMILES string of the molecule is CCOc1cc2c(cc1OCC)[C@H](c1ccc(OC)c(OC)c1)N(c1ccc(C)cc1)C(=O)C2. The summed E-state index contributed by atoms with van der Waals surface area (Å²) >= 11 is 0. The number of rotatable bonds is 8. The highest BCUT2D eigenvalue weighted by molar-refractivity contribution is 5.98. The Morgan fingerprint density at radius 3 is 2.09 bits per heavy atom. The number of fused-ring (bicyclic) bond motifs is 1. The van der Waals surface area contributed by atoms with Crippen LogP contribution in [0.15, 0.2) is 54.6 Å². The molecule has 0 aromatic heterocycles. The molecule has 6 heteroatoms. The van der Waals surface area contributed by atoms with E-state index in [9.17, 15) is 4.79 Å². The van der Waals surface area contributed by atoms with Gasteiger partial charge in [0.15, 0.2) is 23.0 Å².